The van der Waals surface area contributed by atoms with Crippen molar-refractivity contribution in [2.45, 2.75) is 0 Å². The summed E-state index contributed by atoms with van der Waals surface area (Å²) >= 11 is 0. The van der Waals surface area contributed by atoms with Crippen LogP contribution in [0, 0.1) is 0 Å². The molecule has 0 unspecified atom stereocenters. The van der Waals surface area contributed by atoms with E-state index in [4.69, 9.17) is 0 Å². The van der Waals surface area contributed by atoms with Crippen molar-refractivity contribution in [3.8, 4) is 0 Å². The van der Waals surface area contributed by atoms with Crippen LogP contribution in [0.25, 0.3) is 0 Å². The number of hydrogen-bond acceptors (Lipinski definition) is 6. The molecule has 0 fully saturated rings. The summed E-state index contributed by atoms with van der Waals surface area (Å²) in [7, 11) is 0. The molecule has 3 rings (SSSR count). The fourth-order valence-electron chi connectivity index (χ4n) is 1.71. The number of hydrogen-bond donors (Lipinski definition) is 6. The number of nitrogens with one attached hydrogen (secondary N) is 6. The first-order chi connectivity index (χ1) is 11.7. The van der Waals surface area contributed by atoms with E-state index in [2.05, 4.69) is 51.6 Å². The number of aromatic amines is 2. The van der Waals surface area contributed by atoms with E-state index < -0.39 is 12.1 Å². The molecular formula is C12H12N10O2. The number of H-pyrrole nitrogens is 2. The number of anilines is 4. The summed E-state index contributed by atoms with van der Waals surface area (Å²) in [6, 6.07) is 5.56. The lowest BCUT2D eigenvalue weighted by atomic mass is 10.3. The summed E-state index contributed by atoms with van der Waals surface area (Å²) in [6.07, 6.45) is 2.56. The molecular weight excluding hydrogens is 316 g/mol. The van der Waals surface area contributed by atoms with Crippen LogP contribution < -0.4 is 21.3 Å². The molecule has 1 aromatic carbocycles. The number of aromatic nitrogens is 6. The molecule has 0 saturated heterocycles. The van der Waals surface area contributed by atoms with Gasteiger partial charge in [-0.15, -0.1) is 0 Å². The Kier molecular flexibility index (Phi) is 4.28. The topological polar surface area (TPSA) is 165 Å². The quantitative estimate of drug-likeness (QED) is 0.421. The van der Waals surface area contributed by atoms with Gasteiger partial charge in [-0.1, -0.05) is 0 Å². The van der Waals surface area contributed by atoms with Gasteiger partial charge in [-0.2, -0.15) is 20.2 Å². The van der Waals surface area contributed by atoms with Crippen LogP contribution in [-0.4, -0.2) is 42.4 Å². The SMILES string of the molecule is O=C(Nc1ccc(NC(=O)Nc2ncn[nH]2)cc1)Nc1ncn[nH]1. The molecule has 0 radical (unpaired) electrons. The Morgan fingerprint density at radius 1 is 0.708 bits per heavy atom. The average Bonchev–Trinajstić information content (AvgIpc) is 3.23. The number of benzene rings is 1. The zero-order chi connectivity index (χ0) is 16.8. The maximum absolute atomic E-state index is 11.7. The van der Waals surface area contributed by atoms with Gasteiger partial charge < -0.3 is 10.6 Å². The third-order valence-corrected chi connectivity index (χ3v) is 2.69. The average molecular weight is 328 g/mol. The molecule has 24 heavy (non-hydrogen) atoms. The largest absolute Gasteiger partial charge is 0.326 e. The number of carbonyl (C=O) groups is 2. The van der Waals surface area contributed by atoms with Crippen molar-refractivity contribution in [1.29, 1.82) is 0 Å². The Bertz CT molecular complexity index is 728. The van der Waals surface area contributed by atoms with Crippen LogP contribution in [0.2, 0.25) is 0 Å². The van der Waals surface area contributed by atoms with Crippen molar-refractivity contribution < 1.29 is 9.59 Å². The molecule has 0 spiro atoms. The minimum Gasteiger partial charge on any atom is -0.308 e. The van der Waals surface area contributed by atoms with Crippen molar-refractivity contribution in [3.63, 3.8) is 0 Å². The van der Waals surface area contributed by atoms with Gasteiger partial charge in [0.2, 0.25) is 11.9 Å². The molecule has 0 saturated carbocycles. The number of carbonyl (C=O) groups excluding carboxylic acids is 2. The molecule has 0 aliphatic heterocycles. The third kappa shape index (κ3) is 4.03. The van der Waals surface area contributed by atoms with Gasteiger partial charge in [0.1, 0.15) is 12.7 Å². The standard InChI is InChI=1S/C12H12N10O2/c23-11(19-9-13-5-15-21-9)17-7-1-2-8(4-3-7)18-12(24)20-10-14-6-16-22-10/h1-6H,(H3,13,15,17,19,21,23)(H3,14,16,18,20,22,24). The molecule has 2 heterocycles. The summed E-state index contributed by atoms with van der Waals surface area (Å²) in [5, 5.41) is 22.4. The van der Waals surface area contributed by atoms with E-state index in [1.165, 1.54) is 12.7 Å². The monoisotopic (exact) mass is 328 g/mol. The van der Waals surface area contributed by atoms with Gasteiger partial charge in [0.25, 0.3) is 0 Å². The second-order valence-electron chi connectivity index (χ2n) is 4.40. The molecule has 3 aromatic rings. The van der Waals surface area contributed by atoms with E-state index in [0.29, 0.717) is 11.4 Å². The second kappa shape index (κ2) is 6.87. The smallest absolute Gasteiger partial charge is 0.308 e. The highest BCUT2D eigenvalue weighted by molar-refractivity contribution is 6.00. The van der Waals surface area contributed by atoms with Gasteiger partial charge >= 0.3 is 12.1 Å². The molecule has 0 aliphatic carbocycles. The van der Waals surface area contributed by atoms with E-state index >= 15 is 0 Å². The number of rotatable bonds is 4. The Morgan fingerprint density at radius 3 is 1.46 bits per heavy atom. The lowest BCUT2D eigenvalue weighted by molar-refractivity contribution is 0.261. The van der Waals surface area contributed by atoms with Crippen LogP contribution in [0.3, 0.4) is 0 Å². The van der Waals surface area contributed by atoms with Crippen molar-refractivity contribution in [1.82, 2.24) is 30.4 Å². The molecule has 122 valence electrons. The van der Waals surface area contributed by atoms with Crippen molar-refractivity contribution in [2.75, 3.05) is 21.3 Å². The van der Waals surface area contributed by atoms with E-state index in [1.807, 2.05) is 0 Å². The molecule has 6 N–H and O–H groups in total. The zero-order valence-corrected chi connectivity index (χ0v) is 12.1. The minimum atomic E-state index is -0.476. The molecule has 0 aliphatic rings. The molecule has 2 aromatic heterocycles. The third-order valence-electron chi connectivity index (χ3n) is 2.69. The predicted molar refractivity (Wildman–Crippen MR) is 84.5 cm³/mol. The first kappa shape index (κ1) is 15.0. The predicted octanol–water partition coefficient (Wildman–Crippen LogP) is 1.21. The first-order valence-electron chi connectivity index (χ1n) is 6.66. The van der Waals surface area contributed by atoms with Crippen molar-refractivity contribution >= 4 is 35.3 Å². The summed E-state index contributed by atoms with van der Waals surface area (Å²) in [4.78, 5) is 31.0. The van der Waals surface area contributed by atoms with Crippen LogP contribution in [0.4, 0.5) is 32.9 Å². The molecule has 0 bridgehead atoms. The normalized spacial score (nSPS) is 10.0. The summed E-state index contributed by atoms with van der Waals surface area (Å²) in [6.45, 7) is 0. The van der Waals surface area contributed by atoms with Crippen LogP contribution in [-0.2, 0) is 0 Å². The molecule has 12 heteroatoms. The summed E-state index contributed by atoms with van der Waals surface area (Å²) in [5.41, 5.74) is 1.07. The molecule has 12 nitrogen and oxygen atoms in total. The zero-order valence-electron chi connectivity index (χ0n) is 12.1. The second-order valence-corrected chi connectivity index (χ2v) is 4.40. The van der Waals surface area contributed by atoms with E-state index in [9.17, 15) is 9.59 Å². The number of nitrogens with zero attached hydrogens (tertiary/aromatic N) is 4. The van der Waals surface area contributed by atoms with Gasteiger partial charge in [-0.25, -0.2) is 19.8 Å². The highest BCUT2D eigenvalue weighted by atomic mass is 16.2. The lowest BCUT2D eigenvalue weighted by Gasteiger charge is -2.08. The fourth-order valence-corrected chi connectivity index (χ4v) is 1.71. The van der Waals surface area contributed by atoms with Gasteiger partial charge in [-0.3, -0.25) is 10.6 Å². The van der Waals surface area contributed by atoms with E-state index in [1.54, 1.807) is 24.3 Å². The lowest BCUT2D eigenvalue weighted by Crippen LogP contribution is -2.21. The fraction of sp³-hybridized carbons (Fsp3) is 0. The van der Waals surface area contributed by atoms with Crippen LogP contribution in [0.15, 0.2) is 36.9 Å². The van der Waals surface area contributed by atoms with Gasteiger partial charge in [0.15, 0.2) is 0 Å². The minimum absolute atomic E-state index is 0.231. The van der Waals surface area contributed by atoms with Crippen LogP contribution in [0.1, 0.15) is 0 Å². The highest BCUT2D eigenvalue weighted by Crippen LogP contribution is 2.14. The number of urea groups is 2. The maximum Gasteiger partial charge on any atom is 0.326 e. The Hall–Kier alpha value is -3.96. The molecule has 0 atom stereocenters. The van der Waals surface area contributed by atoms with E-state index in [-0.39, 0.29) is 11.9 Å². The Balaban J connectivity index is 1.51. The summed E-state index contributed by atoms with van der Waals surface area (Å²) in [5.74, 6) is 0.463. The van der Waals surface area contributed by atoms with E-state index in [0.717, 1.165) is 0 Å². The first-order valence-corrected chi connectivity index (χ1v) is 6.66. The van der Waals surface area contributed by atoms with Crippen molar-refractivity contribution in [2.24, 2.45) is 0 Å². The summed E-state index contributed by atoms with van der Waals surface area (Å²) < 4.78 is 0. The van der Waals surface area contributed by atoms with Crippen LogP contribution in [0.5, 0.6) is 0 Å². The van der Waals surface area contributed by atoms with Gasteiger partial charge in [-0.05, 0) is 24.3 Å². The van der Waals surface area contributed by atoms with Crippen molar-refractivity contribution in [3.05, 3.63) is 36.9 Å². The number of amides is 4. The Morgan fingerprint density at radius 2 is 1.12 bits per heavy atom. The Labute approximate surface area is 134 Å². The highest BCUT2D eigenvalue weighted by Gasteiger charge is 2.06. The van der Waals surface area contributed by atoms with Gasteiger partial charge in [0.05, 0.1) is 0 Å². The maximum atomic E-state index is 11.7. The van der Waals surface area contributed by atoms with Crippen LogP contribution >= 0.6 is 0 Å². The van der Waals surface area contributed by atoms with Gasteiger partial charge in [0, 0.05) is 11.4 Å². The molecule has 4 amide bonds.